The number of hydrogen-bond acceptors (Lipinski definition) is 1. The Kier molecular flexibility index (Phi) is 18.2. The number of carbonyl (C=O) groups is 1. The van der Waals surface area contributed by atoms with E-state index in [0.717, 1.165) is 25.7 Å². The Morgan fingerprint density at radius 1 is 0.864 bits per heavy atom. The van der Waals surface area contributed by atoms with Gasteiger partial charge in [-0.2, -0.15) is 0 Å². The van der Waals surface area contributed by atoms with Gasteiger partial charge in [-0.25, -0.2) is 0 Å². The maximum Gasteiger partial charge on any atom is 2.00 e. The summed E-state index contributed by atoms with van der Waals surface area (Å²) >= 11 is 0. The standard InChI is InChI=1S/C13H24O.C5H10.2CH3.Fe/c1-13(2,3)10-6-9-12(14)11-7-4-5-8-11;1-2-4-5-3-1;;;/h11H,4-10H2,1-3H3;1-5H2;2*1H3;/q;;2*-1;+2. The molecule has 0 spiro atoms. The Morgan fingerprint density at radius 3 is 1.64 bits per heavy atom. The molecule has 0 unspecified atom stereocenters. The second-order valence-corrected chi connectivity index (χ2v) is 7.63. The summed E-state index contributed by atoms with van der Waals surface area (Å²) in [6.07, 6.45) is 15.4. The van der Waals surface area contributed by atoms with Crippen LogP contribution in [0.2, 0.25) is 0 Å². The smallest absolute Gasteiger partial charge is 0.358 e. The second kappa shape index (κ2) is 14.8. The number of rotatable bonds is 4. The van der Waals surface area contributed by atoms with Gasteiger partial charge in [-0.1, -0.05) is 65.7 Å². The van der Waals surface area contributed by atoms with Gasteiger partial charge in [-0.05, 0) is 31.1 Å². The molecule has 2 saturated carbocycles. The average molecular weight is 352 g/mol. The van der Waals surface area contributed by atoms with Crippen molar-refractivity contribution in [2.45, 2.75) is 97.8 Å². The van der Waals surface area contributed by atoms with Crippen LogP contribution in [0.15, 0.2) is 0 Å². The van der Waals surface area contributed by atoms with Crippen LogP contribution < -0.4 is 0 Å². The minimum atomic E-state index is 0. The zero-order chi connectivity index (χ0) is 14.1. The van der Waals surface area contributed by atoms with Gasteiger partial charge < -0.3 is 14.9 Å². The Morgan fingerprint density at radius 2 is 1.27 bits per heavy atom. The summed E-state index contributed by atoms with van der Waals surface area (Å²) < 4.78 is 0. The zero-order valence-corrected chi connectivity index (χ0v) is 16.9. The van der Waals surface area contributed by atoms with E-state index in [1.165, 1.54) is 51.4 Å². The molecule has 0 heterocycles. The van der Waals surface area contributed by atoms with Gasteiger partial charge in [-0.3, -0.25) is 4.79 Å². The molecule has 2 fully saturated rings. The van der Waals surface area contributed by atoms with Crippen molar-refractivity contribution in [1.29, 1.82) is 0 Å². The average Bonchev–Trinajstić information content (AvgIpc) is 3.04. The summed E-state index contributed by atoms with van der Waals surface area (Å²) in [6.45, 7) is 6.73. The van der Waals surface area contributed by atoms with E-state index in [1.807, 2.05) is 0 Å². The van der Waals surface area contributed by atoms with E-state index in [-0.39, 0.29) is 31.9 Å². The Labute approximate surface area is 151 Å². The summed E-state index contributed by atoms with van der Waals surface area (Å²) in [6, 6.07) is 0. The minimum absolute atomic E-state index is 0. The monoisotopic (exact) mass is 352 g/mol. The summed E-state index contributed by atoms with van der Waals surface area (Å²) in [4.78, 5) is 11.7. The Bertz CT molecular complexity index is 237. The number of carbonyl (C=O) groups excluding carboxylic acids is 1. The fourth-order valence-corrected chi connectivity index (χ4v) is 3.13. The first kappa shape index (κ1) is 27.1. The van der Waals surface area contributed by atoms with Crippen molar-refractivity contribution in [1.82, 2.24) is 0 Å². The number of Topliss-reactive ketones (excluding diaryl/α,β-unsaturated/α-hetero) is 1. The third-order valence-electron chi connectivity index (χ3n) is 4.41. The normalized spacial score (nSPS) is 17.4. The van der Waals surface area contributed by atoms with Gasteiger partial charge in [0.15, 0.2) is 0 Å². The first-order chi connectivity index (χ1) is 8.99. The first-order valence-corrected chi connectivity index (χ1v) is 8.52. The van der Waals surface area contributed by atoms with Crippen LogP contribution in [0, 0.1) is 26.2 Å². The molecule has 0 saturated heterocycles. The largest absolute Gasteiger partial charge is 2.00 e. The van der Waals surface area contributed by atoms with Crippen molar-refractivity contribution < 1.29 is 21.9 Å². The van der Waals surface area contributed by atoms with Gasteiger partial charge in [0.2, 0.25) is 0 Å². The maximum absolute atomic E-state index is 11.7. The third-order valence-corrected chi connectivity index (χ3v) is 4.41. The molecular weight excluding hydrogens is 312 g/mol. The molecule has 1 nitrogen and oxygen atoms in total. The van der Waals surface area contributed by atoms with Crippen molar-refractivity contribution in [3.05, 3.63) is 14.9 Å². The van der Waals surface area contributed by atoms with Crippen molar-refractivity contribution in [2.75, 3.05) is 0 Å². The molecule has 2 aliphatic rings. The van der Waals surface area contributed by atoms with E-state index in [9.17, 15) is 4.79 Å². The predicted octanol–water partition coefficient (Wildman–Crippen LogP) is 6.81. The molecule has 0 N–H and O–H groups in total. The molecule has 22 heavy (non-hydrogen) atoms. The van der Waals surface area contributed by atoms with Crippen molar-refractivity contribution in [3.63, 3.8) is 0 Å². The summed E-state index contributed by atoms with van der Waals surface area (Å²) in [5.74, 6) is 0.960. The SMILES string of the molecule is C1CCCC1.CC(C)(C)CCCC(=O)C1CCCC1.[CH3-].[CH3-].[Fe+2]. The fourth-order valence-electron chi connectivity index (χ4n) is 3.13. The van der Waals surface area contributed by atoms with E-state index in [1.54, 1.807) is 0 Å². The van der Waals surface area contributed by atoms with Gasteiger partial charge in [0.05, 0.1) is 0 Å². The van der Waals surface area contributed by atoms with Crippen LogP contribution in [0.3, 0.4) is 0 Å². The molecule has 2 aliphatic carbocycles. The van der Waals surface area contributed by atoms with Crippen LogP contribution in [-0.2, 0) is 21.9 Å². The molecule has 134 valence electrons. The van der Waals surface area contributed by atoms with Crippen LogP contribution in [0.1, 0.15) is 97.8 Å². The number of ketones is 1. The fraction of sp³-hybridized carbons (Fsp3) is 0.850. The van der Waals surface area contributed by atoms with Crippen molar-refractivity contribution >= 4 is 5.78 Å². The third kappa shape index (κ3) is 13.8. The molecule has 0 radical (unpaired) electrons. The maximum atomic E-state index is 11.7. The van der Waals surface area contributed by atoms with Crippen LogP contribution in [0.4, 0.5) is 0 Å². The number of hydrogen-bond donors (Lipinski definition) is 0. The molecule has 0 aromatic heterocycles. The Balaban J connectivity index is -0.000000388. The van der Waals surface area contributed by atoms with Crippen LogP contribution >= 0.6 is 0 Å². The molecule has 2 rings (SSSR count). The van der Waals surface area contributed by atoms with E-state index >= 15 is 0 Å². The van der Waals surface area contributed by atoms with Gasteiger partial charge in [0.25, 0.3) is 0 Å². The molecular formula is C20H40FeO. The van der Waals surface area contributed by atoms with Gasteiger partial charge in [-0.15, -0.1) is 0 Å². The van der Waals surface area contributed by atoms with Crippen LogP contribution in [0.25, 0.3) is 0 Å². The van der Waals surface area contributed by atoms with Gasteiger partial charge >= 0.3 is 17.1 Å². The molecule has 0 bridgehead atoms. The molecule has 0 aliphatic heterocycles. The van der Waals surface area contributed by atoms with E-state index < -0.39 is 0 Å². The van der Waals surface area contributed by atoms with Crippen LogP contribution in [-0.4, -0.2) is 5.78 Å². The predicted molar refractivity (Wildman–Crippen MR) is 96.2 cm³/mol. The quantitative estimate of drug-likeness (QED) is 0.401. The van der Waals surface area contributed by atoms with Crippen molar-refractivity contribution in [2.24, 2.45) is 11.3 Å². The summed E-state index contributed by atoms with van der Waals surface area (Å²) in [7, 11) is 0. The van der Waals surface area contributed by atoms with Crippen molar-refractivity contribution in [3.8, 4) is 0 Å². The summed E-state index contributed by atoms with van der Waals surface area (Å²) in [5, 5.41) is 0. The molecule has 0 aromatic carbocycles. The van der Waals surface area contributed by atoms with Crippen LogP contribution in [0.5, 0.6) is 0 Å². The summed E-state index contributed by atoms with van der Waals surface area (Å²) in [5.41, 5.74) is 0.385. The topological polar surface area (TPSA) is 17.1 Å². The van der Waals surface area contributed by atoms with E-state index in [4.69, 9.17) is 0 Å². The van der Waals surface area contributed by atoms with E-state index in [2.05, 4.69) is 20.8 Å². The molecule has 0 atom stereocenters. The van der Waals surface area contributed by atoms with E-state index in [0.29, 0.717) is 17.1 Å². The van der Waals surface area contributed by atoms with Gasteiger partial charge in [0.1, 0.15) is 5.78 Å². The minimum Gasteiger partial charge on any atom is -0.358 e. The molecule has 0 aromatic rings. The molecule has 2 heteroatoms. The first-order valence-electron chi connectivity index (χ1n) is 8.52. The molecule has 0 amide bonds. The zero-order valence-electron chi connectivity index (χ0n) is 15.8. The Hall–Kier alpha value is 0.189. The van der Waals surface area contributed by atoms with Gasteiger partial charge in [0, 0.05) is 12.3 Å². The second-order valence-electron chi connectivity index (χ2n) is 7.63.